The van der Waals surface area contributed by atoms with Gasteiger partial charge in [-0.25, -0.2) is 13.1 Å². The maximum Gasteiger partial charge on any atom is 0.270 e. The molecule has 1 N–H and O–H groups in total. The number of nitrogens with zero attached hydrogens (tertiary/aromatic N) is 1. The summed E-state index contributed by atoms with van der Waals surface area (Å²) in [6.07, 6.45) is 2.70. The first kappa shape index (κ1) is 14.6. The Labute approximate surface area is 106 Å². The summed E-state index contributed by atoms with van der Waals surface area (Å²) in [7, 11) is -3.65. The normalized spacial score (nSPS) is 11.4. The van der Waals surface area contributed by atoms with Crippen LogP contribution in [0.25, 0.3) is 0 Å². The molecule has 1 rings (SSSR count). The Morgan fingerprint density at radius 3 is 2.67 bits per heavy atom. The summed E-state index contributed by atoms with van der Waals surface area (Å²) in [5, 5.41) is 10.6. The zero-order valence-corrected chi connectivity index (χ0v) is 10.9. The molecule has 0 aliphatic heterocycles. The van der Waals surface area contributed by atoms with E-state index in [4.69, 9.17) is 0 Å². The molecule has 0 aliphatic rings. The van der Waals surface area contributed by atoms with E-state index in [9.17, 15) is 18.5 Å². The highest BCUT2D eigenvalue weighted by atomic mass is 32.2. The Bertz CT molecular complexity index is 514. The summed E-state index contributed by atoms with van der Waals surface area (Å²) in [6.45, 7) is 2.37. The topological polar surface area (TPSA) is 89.3 Å². The van der Waals surface area contributed by atoms with Crippen molar-refractivity contribution in [1.82, 2.24) is 4.72 Å². The van der Waals surface area contributed by atoms with Crippen LogP contribution in [0.1, 0.15) is 26.2 Å². The maximum absolute atomic E-state index is 11.8. The number of unbranched alkanes of at least 4 members (excludes halogenated alkanes) is 2. The molecule has 100 valence electrons. The summed E-state index contributed by atoms with van der Waals surface area (Å²) in [6, 6.07) is 5.02. The van der Waals surface area contributed by atoms with Crippen LogP contribution in [0.4, 0.5) is 5.69 Å². The van der Waals surface area contributed by atoms with Crippen LogP contribution >= 0.6 is 0 Å². The Hall–Kier alpha value is -1.47. The summed E-state index contributed by atoms with van der Waals surface area (Å²) >= 11 is 0. The third kappa shape index (κ3) is 4.08. The van der Waals surface area contributed by atoms with Crippen molar-refractivity contribution in [3.8, 4) is 0 Å². The van der Waals surface area contributed by atoms with E-state index in [1.807, 2.05) is 6.92 Å². The van der Waals surface area contributed by atoms with Crippen molar-refractivity contribution in [3.63, 3.8) is 0 Å². The lowest BCUT2D eigenvalue weighted by atomic mass is 10.3. The van der Waals surface area contributed by atoms with Gasteiger partial charge in [0.2, 0.25) is 10.0 Å². The molecule has 0 heterocycles. The van der Waals surface area contributed by atoms with Crippen LogP contribution in [0.3, 0.4) is 0 Å². The molecule has 18 heavy (non-hydrogen) atoms. The molecule has 1 aromatic carbocycles. The SMILES string of the molecule is CCCCCNS(=O)(=O)c1cccc([N+](=O)[O-])c1. The van der Waals surface area contributed by atoms with E-state index in [0.29, 0.717) is 6.54 Å². The van der Waals surface area contributed by atoms with Crippen molar-refractivity contribution in [1.29, 1.82) is 0 Å². The molecule has 0 radical (unpaired) electrons. The molecular formula is C11H16N2O4S. The van der Waals surface area contributed by atoms with Gasteiger partial charge in [-0.05, 0) is 12.5 Å². The largest absolute Gasteiger partial charge is 0.270 e. The van der Waals surface area contributed by atoms with Crippen molar-refractivity contribution in [3.05, 3.63) is 34.4 Å². The number of rotatable bonds is 7. The van der Waals surface area contributed by atoms with Gasteiger partial charge in [-0.3, -0.25) is 10.1 Å². The van der Waals surface area contributed by atoms with Gasteiger partial charge in [0.05, 0.1) is 9.82 Å². The van der Waals surface area contributed by atoms with Gasteiger partial charge in [-0.2, -0.15) is 0 Å². The predicted octanol–water partition coefficient (Wildman–Crippen LogP) is 2.06. The minimum absolute atomic E-state index is 0.0757. The maximum atomic E-state index is 11.8. The van der Waals surface area contributed by atoms with Crippen LogP contribution in [0.15, 0.2) is 29.2 Å². The summed E-state index contributed by atoms with van der Waals surface area (Å²) in [5.74, 6) is 0. The molecule has 1 aromatic rings. The van der Waals surface area contributed by atoms with Crippen molar-refractivity contribution in [2.45, 2.75) is 31.1 Å². The molecule has 0 atom stereocenters. The number of sulfonamides is 1. The van der Waals surface area contributed by atoms with Gasteiger partial charge in [0.15, 0.2) is 0 Å². The fraction of sp³-hybridized carbons (Fsp3) is 0.455. The molecule has 0 aromatic heterocycles. The van der Waals surface area contributed by atoms with E-state index < -0.39 is 14.9 Å². The second-order valence-corrected chi connectivity index (χ2v) is 5.63. The molecule has 0 spiro atoms. The van der Waals surface area contributed by atoms with Gasteiger partial charge in [0.25, 0.3) is 5.69 Å². The molecule has 7 heteroatoms. The minimum Gasteiger partial charge on any atom is -0.258 e. The van der Waals surface area contributed by atoms with Gasteiger partial charge in [-0.1, -0.05) is 25.8 Å². The van der Waals surface area contributed by atoms with E-state index in [1.165, 1.54) is 18.2 Å². The first-order valence-electron chi connectivity index (χ1n) is 5.71. The molecule has 0 unspecified atom stereocenters. The van der Waals surface area contributed by atoms with Gasteiger partial charge in [0.1, 0.15) is 0 Å². The summed E-state index contributed by atoms with van der Waals surface area (Å²) in [4.78, 5) is 9.88. The smallest absolute Gasteiger partial charge is 0.258 e. The Balaban J connectivity index is 2.78. The Morgan fingerprint density at radius 2 is 2.06 bits per heavy atom. The lowest BCUT2D eigenvalue weighted by Gasteiger charge is -2.06. The average molecular weight is 272 g/mol. The van der Waals surface area contributed by atoms with E-state index >= 15 is 0 Å². The van der Waals surface area contributed by atoms with Crippen molar-refractivity contribution < 1.29 is 13.3 Å². The number of benzene rings is 1. The third-order valence-electron chi connectivity index (χ3n) is 2.41. The van der Waals surface area contributed by atoms with Crippen LogP contribution in [-0.4, -0.2) is 19.9 Å². The Kier molecular flexibility index (Phi) is 5.24. The molecule has 0 saturated carbocycles. The number of hydrogen-bond acceptors (Lipinski definition) is 4. The molecule has 0 saturated heterocycles. The second kappa shape index (κ2) is 6.46. The van der Waals surface area contributed by atoms with Gasteiger partial charge < -0.3 is 0 Å². The molecule has 0 aliphatic carbocycles. The molecule has 0 bridgehead atoms. The zero-order valence-electron chi connectivity index (χ0n) is 10.1. The highest BCUT2D eigenvalue weighted by Crippen LogP contribution is 2.17. The lowest BCUT2D eigenvalue weighted by molar-refractivity contribution is -0.385. The first-order chi connectivity index (χ1) is 8.47. The highest BCUT2D eigenvalue weighted by molar-refractivity contribution is 7.89. The summed E-state index contributed by atoms with van der Waals surface area (Å²) in [5.41, 5.74) is -0.230. The van der Waals surface area contributed by atoms with Gasteiger partial charge >= 0.3 is 0 Å². The highest BCUT2D eigenvalue weighted by Gasteiger charge is 2.16. The zero-order chi connectivity index (χ0) is 13.6. The number of nitro groups is 1. The van der Waals surface area contributed by atoms with Crippen LogP contribution in [0, 0.1) is 10.1 Å². The number of nitro benzene ring substituents is 1. The number of nitrogens with one attached hydrogen (secondary N) is 1. The van der Waals surface area contributed by atoms with Crippen molar-refractivity contribution in [2.24, 2.45) is 0 Å². The number of non-ortho nitro benzene ring substituents is 1. The minimum atomic E-state index is -3.65. The van der Waals surface area contributed by atoms with Crippen LogP contribution < -0.4 is 4.72 Å². The Morgan fingerprint density at radius 1 is 1.33 bits per heavy atom. The van der Waals surface area contributed by atoms with E-state index in [0.717, 1.165) is 25.3 Å². The van der Waals surface area contributed by atoms with E-state index in [2.05, 4.69) is 4.72 Å². The van der Waals surface area contributed by atoms with Crippen molar-refractivity contribution >= 4 is 15.7 Å². The molecule has 6 nitrogen and oxygen atoms in total. The third-order valence-corrected chi connectivity index (χ3v) is 3.87. The summed E-state index contributed by atoms with van der Waals surface area (Å²) < 4.78 is 26.1. The predicted molar refractivity (Wildman–Crippen MR) is 67.8 cm³/mol. The fourth-order valence-electron chi connectivity index (χ4n) is 1.43. The molecule has 0 fully saturated rings. The average Bonchev–Trinajstić information content (AvgIpc) is 2.35. The molecule has 0 amide bonds. The van der Waals surface area contributed by atoms with Crippen LogP contribution in [-0.2, 0) is 10.0 Å². The lowest BCUT2D eigenvalue weighted by Crippen LogP contribution is -2.24. The van der Waals surface area contributed by atoms with E-state index in [-0.39, 0.29) is 10.6 Å². The second-order valence-electron chi connectivity index (χ2n) is 3.86. The van der Waals surface area contributed by atoms with E-state index in [1.54, 1.807) is 0 Å². The van der Waals surface area contributed by atoms with Crippen LogP contribution in [0.5, 0.6) is 0 Å². The fourth-order valence-corrected chi connectivity index (χ4v) is 2.54. The van der Waals surface area contributed by atoms with Gasteiger partial charge in [0, 0.05) is 18.7 Å². The quantitative estimate of drug-likeness (QED) is 0.467. The van der Waals surface area contributed by atoms with Gasteiger partial charge in [-0.15, -0.1) is 0 Å². The molecular weight excluding hydrogens is 256 g/mol. The van der Waals surface area contributed by atoms with Crippen LogP contribution in [0.2, 0.25) is 0 Å². The van der Waals surface area contributed by atoms with Crippen molar-refractivity contribution in [2.75, 3.05) is 6.54 Å². The monoisotopic (exact) mass is 272 g/mol. The standard InChI is InChI=1S/C11H16N2O4S/c1-2-3-4-8-12-18(16,17)11-7-5-6-10(9-11)13(14)15/h5-7,9,12H,2-4,8H2,1H3. The first-order valence-corrected chi connectivity index (χ1v) is 7.20. The number of hydrogen-bond donors (Lipinski definition) is 1.